The lowest BCUT2D eigenvalue weighted by atomic mass is 10.1. The Morgan fingerprint density at radius 3 is 2.71 bits per heavy atom. The van der Waals surface area contributed by atoms with Gasteiger partial charge in [0.05, 0.1) is 0 Å². The first-order valence-corrected chi connectivity index (χ1v) is 7.63. The largest absolute Gasteiger partial charge is 0.382 e. The molecule has 0 atom stereocenters. The van der Waals surface area contributed by atoms with E-state index in [1.165, 1.54) is 6.42 Å². The van der Waals surface area contributed by atoms with Crippen molar-refractivity contribution in [3.63, 3.8) is 0 Å². The normalized spacial score (nSPS) is 15.5. The summed E-state index contributed by atoms with van der Waals surface area (Å²) in [7, 11) is 0. The number of aliphatic imine (C=N–C) groups is 1. The van der Waals surface area contributed by atoms with Gasteiger partial charge in [0, 0.05) is 45.8 Å². The fourth-order valence-corrected chi connectivity index (χ4v) is 2.17. The second kappa shape index (κ2) is 13.1. The van der Waals surface area contributed by atoms with Crippen molar-refractivity contribution >= 4 is 35.8 Å². The molecule has 0 bridgehead atoms. The fourth-order valence-electron chi connectivity index (χ4n) is 2.17. The van der Waals surface area contributed by atoms with E-state index in [1.54, 1.807) is 0 Å². The molecule has 1 aliphatic heterocycles. The topological polar surface area (TPSA) is 80.0 Å². The second-order valence-electron chi connectivity index (χ2n) is 4.94. The molecule has 7 heteroatoms. The number of piperidine rings is 1. The van der Waals surface area contributed by atoms with Crippen molar-refractivity contribution in [3.05, 3.63) is 0 Å². The van der Waals surface area contributed by atoms with Crippen molar-refractivity contribution in [1.82, 2.24) is 10.2 Å². The summed E-state index contributed by atoms with van der Waals surface area (Å²) in [6.45, 7) is 6.42. The zero-order valence-corrected chi connectivity index (χ0v) is 15.3. The van der Waals surface area contributed by atoms with Gasteiger partial charge in [-0.2, -0.15) is 0 Å². The number of ether oxygens (including phenoxy) is 1. The van der Waals surface area contributed by atoms with E-state index >= 15 is 0 Å². The van der Waals surface area contributed by atoms with Gasteiger partial charge in [0.15, 0.2) is 5.96 Å². The third-order valence-corrected chi connectivity index (χ3v) is 3.29. The fraction of sp³-hybridized carbons (Fsp3) is 0.857. The van der Waals surface area contributed by atoms with Gasteiger partial charge in [-0.25, -0.2) is 0 Å². The Bertz CT molecular complexity index is 307. The van der Waals surface area contributed by atoms with E-state index in [0.717, 1.165) is 39.0 Å². The van der Waals surface area contributed by atoms with Gasteiger partial charge in [-0.1, -0.05) is 0 Å². The van der Waals surface area contributed by atoms with E-state index in [9.17, 15) is 4.79 Å². The maximum atomic E-state index is 11.9. The lowest BCUT2D eigenvalue weighted by Crippen LogP contribution is -2.39. The third-order valence-electron chi connectivity index (χ3n) is 3.29. The highest BCUT2D eigenvalue weighted by atomic mass is 127. The lowest BCUT2D eigenvalue weighted by Gasteiger charge is -2.26. The molecule has 0 saturated carbocycles. The minimum Gasteiger partial charge on any atom is -0.382 e. The Hall–Kier alpha value is -0.570. The van der Waals surface area contributed by atoms with Gasteiger partial charge < -0.3 is 20.7 Å². The molecule has 124 valence electrons. The number of carbonyl (C=O) groups excluding carboxylic acids is 1. The summed E-state index contributed by atoms with van der Waals surface area (Å²) in [5, 5.41) is 2.98. The van der Waals surface area contributed by atoms with Crippen LogP contribution in [-0.4, -0.2) is 56.2 Å². The van der Waals surface area contributed by atoms with Crippen LogP contribution < -0.4 is 11.1 Å². The zero-order chi connectivity index (χ0) is 14.6. The van der Waals surface area contributed by atoms with E-state index in [0.29, 0.717) is 32.1 Å². The molecule has 1 saturated heterocycles. The molecule has 6 nitrogen and oxygen atoms in total. The number of halogens is 1. The van der Waals surface area contributed by atoms with Gasteiger partial charge in [0.1, 0.15) is 0 Å². The first kappa shape index (κ1) is 20.4. The smallest absolute Gasteiger partial charge is 0.224 e. The highest BCUT2D eigenvalue weighted by Gasteiger charge is 2.15. The molecule has 3 N–H and O–H groups in total. The summed E-state index contributed by atoms with van der Waals surface area (Å²) in [5.74, 6) is 0.620. The van der Waals surface area contributed by atoms with Crippen LogP contribution >= 0.6 is 24.0 Å². The number of guanidine groups is 1. The van der Waals surface area contributed by atoms with Crippen molar-refractivity contribution < 1.29 is 9.53 Å². The minimum absolute atomic E-state index is 0. The number of likely N-dealkylation sites (tertiary alicyclic amines) is 1. The Balaban J connectivity index is 0.00000400. The monoisotopic (exact) mass is 412 g/mol. The summed E-state index contributed by atoms with van der Waals surface area (Å²) in [5.41, 5.74) is 5.73. The molecule has 21 heavy (non-hydrogen) atoms. The molecule has 1 aliphatic rings. The van der Waals surface area contributed by atoms with Gasteiger partial charge in [0.2, 0.25) is 5.91 Å². The van der Waals surface area contributed by atoms with Crippen molar-refractivity contribution in [2.45, 2.75) is 39.0 Å². The van der Waals surface area contributed by atoms with Crippen LogP contribution in [0.1, 0.15) is 39.0 Å². The molecule has 0 aliphatic carbocycles. The van der Waals surface area contributed by atoms with Crippen LogP contribution in [0, 0.1) is 0 Å². The Morgan fingerprint density at radius 1 is 1.33 bits per heavy atom. The predicted octanol–water partition coefficient (Wildman–Crippen LogP) is 1.34. The highest BCUT2D eigenvalue weighted by Crippen LogP contribution is 2.09. The van der Waals surface area contributed by atoms with Crippen molar-refractivity contribution in [3.8, 4) is 0 Å². The molecule has 0 aromatic rings. The van der Waals surface area contributed by atoms with Crippen LogP contribution in [0.4, 0.5) is 0 Å². The van der Waals surface area contributed by atoms with Crippen LogP contribution in [-0.2, 0) is 9.53 Å². The number of nitrogens with zero attached hydrogens (tertiary/aromatic N) is 2. The quantitative estimate of drug-likeness (QED) is 0.273. The van der Waals surface area contributed by atoms with Crippen molar-refractivity contribution in [2.24, 2.45) is 10.7 Å². The van der Waals surface area contributed by atoms with E-state index in [-0.39, 0.29) is 29.9 Å². The summed E-state index contributed by atoms with van der Waals surface area (Å²) >= 11 is 0. The van der Waals surface area contributed by atoms with Crippen LogP contribution in [0.25, 0.3) is 0 Å². The number of nitrogens with two attached hydrogens (primary N) is 1. The Labute approximate surface area is 144 Å². The summed E-state index contributed by atoms with van der Waals surface area (Å²) in [4.78, 5) is 18.0. The zero-order valence-electron chi connectivity index (χ0n) is 13.0. The summed E-state index contributed by atoms with van der Waals surface area (Å²) in [6, 6.07) is 0. The molecule has 0 aromatic heterocycles. The lowest BCUT2D eigenvalue weighted by molar-refractivity contribution is -0.131. The van der Waals surface area contributed by atoms with E-state index in [1.807, 2.05) is 11.8 Å². The van der Waals surface area contributed by atoms with Crippen molar-refractivity contribution in [1.29, 1.82) is 0 Å². The Morgan fingerprint density at radius 2 is 2.05 bits per heavy atom. The molecule has 0 unspecified atom stereocenters. The molecule has 1 rings (SSSR count). The van der Waals surface area contributed by atoms with Gasteiger partial charge in [-0.15, -0.1) is 24.0 Å². The molecular weight excluding hydrogens is 383 g/mol. The second-order valence-corrected chi connectivity index (χ2v) is 4.94. The number of hydrogen-bond donors (Lipinski definition) is 2. The molecular formula is C14H29IN4O2. The summed E-state index contributed by atoms with van der Waals surface area (Å²) in [6.07, 6.45) is 4.84. The number of rotatable bonds is 8. The van der Waals surface area contributed by atoms with Gasteiger partial charge in [-0.3, -0.25) is 9.79 Å². The van der Waals surface area contributed by atoms with Crippen LogP contribution in [0.5, 0.6) is 0 Å². The van der Waals surface area contributed by atoms with E-state index < -0.39 is 0 Å². The average Bonchev–Trinajstić information content (AvgIpc) is 2.48. The molecule has 1 fully saturated rings. The molecule has 1 amide bonds. The highest BCUT2D eigenvalue weighted by molar-refractivity contribution is 14.0. The van der Waals surface area contributed by atoms with Gasteiger partial charge >= 0.3 is 0 Å². The van der Waals surface area contributed by atoms with Crippen LogP contribution in [0.15, 0.2) is 4.99 Å². The first-order chi connectivity index (χ1) is 9.74. The minimum atomic E-state index is 0. The molecule has 0 radical (unpaired) electrons. The maximum absolute atomic E-state index is 11.9. The number of carbonyl (C=O) groups is 1. The van der Waals surface area contributed by atoms with Crippen molar-refractivity contribution in [2.75, 3.05) is 39.4 Å². The number of nitrogens with one attached hydrogen (secondary N) is 1. The predicted molar refractivity (Wildman–Crippen MR) is 96.1 cm³/mol. The molecule has 0 spiro atoms. The van der Waals surface area contributed by atoms with E-state index in [4.69, 9.17) is 10.5 Å². The van der Waals surface area contributed by atoms with Gasteiger partial charge in [-0.05, 0) is 32.6 Å². The third kappa shape index (κ3) is 9.89. The SMILES string of the molecule is CCOCCCN=C(N)NCCC(=O)N1CCCCC1.I. The Kier molecular flexibility index (Phi) is 12.8. The molecule has 1 heterocycles. The van der Waals surface area contributed by atoms with Crippen LogP contribution in [0.3, 0.4) is 0 Å². The van der Waals surface area contributed by atoms with Gasteiger partial charge in [0.25, 0.3) is 0 Å². The molecule has 0 aromatic carbocycles. The standard InChI is InChI=1S/C14H28N4O2.HI/c1-2-20-12-6-8-16-14(15)17-9-7-13(19)18-10-4-3-5-11-18;/h2-12H2,1H3,(H3,15,16,17);1H. The summed E-state index contributed by atoms with van der Waals surface area (Å²) < 4.78 is 5.21. The number of amides is 1. The maximum Gasteiger partial charge on any atom is 0.224 e. The van der Waals surface area contributed by atoms with E-state index in [2.05, 4.69) is 10.3 Å². The number of hydrogen-bond acceptors (Lipinski definition) is 3. The van der Waals surface area contributed by atoms with Crippen LogP contribution in [0.2, 0.25) is 0 Å². The first-order valence-electron chi connectivity index (χ1n) is 7.63. The average molecular weight is 412 g/mol.